The number of hydrogen-bond donors (Lipinski definition) is 2. The summed E-state index contributed by atoms with van der Waals surface area (Å²) in [7, 11) is 0. The number of halogens is 1. The quantitative estimate of drug-likeness (QED) is 0.457. The van der Waals surface area contributed by atoms with Crippen molar-refractivity contribution in [3.05, 3.63) is 90.3 Å². The third-order valence-electron chi connectivity index (χ3n) is 5.20. The van der Waals surface area contributed by atoms with Crippen LogP contribution in [-0.4, -0.2) is 36.1 Å². The Kier molecular flexibility index (Phi) is 4.22. The Morgan fingerprint density at radius 2 is 1.91 bits per heavy atom. The molecule has 3 aromatic heterocycles. The first-order valence-corrected chi connectivity index (χ1v) is 9.82. The molecule has 0 aliphatic carbocycles. The molecule has 156 valence electrons. The van der Waals surface area contributed by atoms with Gasteiger partial charge in [-0.2, -0.15) is 5.10 Å². The van der Waals surface area contributed by atoms with Crippen molar-refractivity contribution in [1.29, 1.82) is 0 Å². The molecule has 0 amide bonds. The fourth-order valence-electron chi connectivity index (χ4n) is 3.65. The summed E-state index contributed by atoms with van der Waals surface area (Å²) < 4.78 is 16.0. The van der Waals surface area contributed by atoms with E-state index in [1.807, 2.05) is 18.2 Å². The number of benzene rings is 2. The minimum Gasteiger partial charge on any atom is -0.384 e. The van der Waals surface area contributed by atoms with Gasteiger partial charge in [0.1, 0.15) is 17.2 Å². The monoisotopic (exact) mass is 426 g/mol. The van der Waals surface area contributed by atoms with E-state index in [1.165, 1.54) is 10.7 Å². The molecule has 9 nitrogen and oxygen atoms in total. The van der Waals surface area contributed by atoms with E-state index in [0.717, 1.165) is 22.0 Å². The van der Waals surface area contributed by atoms with Gasteiger partial charge in [-0.25, -0.2) is 14.1 Å². The summed E-state index contributed by atoms with van der Waals surface area (Å²) in [6.45, 7) is 0. The lowest BCUT2D eigenvalue weighted by Gasteiger charge is -2.08. The molecule has 10 heteroatoms. The first-order chi connectivity index (χ1) is 15.8. The Morgan fingerprint density at radius 3 is 2.78 bits per heavy atom. The average molecular weight is 426 g/mol. The largest absolute Gasteiger partial charge is 0.384 e. The van der Waals surface area contributed by atoms with Crippen LogP contribution >= 0.6 is 0 Å². The summed E-state index contributed by atoms with van der Waals surface area (Å²) in [4.78, 5) is 14.4. The third-order valence-corrected chi connectivity index (χ3v) is 5.20. The van der Waals surface area contributed by atoms with Crippen molar-refractivity contribution in [3.8, 4) is 16.9 Å². The van der Waals surface area contributed by atoms with Gasteiger partial charge in [0.05, 0.1) is 11.7 Å². The molecule has 2 aromatic carbocycles. The number of aromatic amines is 1. The van der Waals surface area contributed by atoms with Crippen LogP contribution in [0.25, 0.3) is 27.8 Å². The molecule has 0 saturated heterocycles. The predicted octanol–water partition coefficient (Wildman–Crippen LogP) is 3.32. The fraction of sp³-hybridized carbons (Fsp3) is 0.0455. The number of aliphatic imine (C=N–C) groups is 1. The van der Waals surface area contributed by atoms with Crippen molar-refractivity contribution >= 4 is 16.8 Å². The first kappa shape index (κ1) is 18.3. The van der Waals surface area contributed by atoms with Gasteiger partial charge in [-0.1, -0.05) is 23.4 Å². The number of rotatable bonds is 4. The van der Waals surface area contributed by atoms with E-state index in [4.69, 9.17) is 4.84 Å². The maximum Gasteiger partial charge on any atom is 0.265 e. The number of hydroxylamine groups is 1. The molecule has 1 aliphatic rings. The van der Waals surface area contributed by atoms with Gasteiger partial charge in [-0.3, -0.25) is 10.1 Å². The lowest BCUT2D eigenvalue weighted by molar-refractivity contribution is 0.180. The molecule has 4 heterocycles. The second-order valence-electron chi connectivity index (χ2n) is 7.16. The maximum absolute atomic E-state index is 14.6. The molecule has 1 unspecified atom stereocenters. The van der Waals surface area contributed by atoms with Gasteiger partial charge < -0.3 is 4.84 Å². The van der Waals surface area contributed by atoms with Gasteiger partial charge in [0.15, 0.2) is 11.9 Å². The van der Waals surface area contributed by atoms with Crippen molar-refractivity contribution < 1.29 is 9.23 Å². The van der Waals surface area contributed by atoms with Crippen LogP contribution in [0.5, 0.6) is 0 Å². The van der Waals surface area contributed by atoms with Crippen molar-refractivity contribution in [2.24, 2.45) is 4.99 Å². The zero-order valence-electron chi connectivity index (χ0n) is 16.5. The molecule has 5 aromatic rings. The zero-order valence-corrected chi connectivity index (χ0v) is 16.5. The van der Waals surface area contributed by atoms with Crippen molar-refractivity contribution in [2.45, 2.75) is 6.17 Å². The standard InChI is InChI=1S/C22H15FN8O/c23-16-3-1-2-4-18(16)31-20(13-7-9-24-10-8-13)19(28-30-31)22-26-21(29-32-22)14-5-6-17-15(11-14)12-25-27-17/h1-12,21,29H,(H,25,27). The number of pyridine rings is 1. The molecule has 1 atom stereocenters. The minimum atomic E-state index is -0.437. The number of fused-ring (bicyclic) bond motifs is 1. The van der Waals surface area contributed by atoms with Gasteiger partial charge in [0.25, 0.3) is 5.90 Å². The van der Waals surface area contributed by atoms with E-state index in [1.54, 1.807) is 48.9 Å². The fourth-order valence-corrected chi connectivity index (χ4v) is 3.65. The summed E-state index contributed by atoms with van der Waals surface area (Å²) in [6, 6.07) is 15.8. The molecular formula is C22H15FN8O. The Bertz CT molecular complexity index is 1460. The predicted molar refractivity (Wildman–Crippen MR) is 114 cm³/mol. The molecule has 0 bridgehead atoms. The van der Waals surface area contributed by atoms with Crippen LogP contribution in [0.1, 0.15) is 17.4 Å². The molecular weight excluding hydrogens is 411 g/mol. The number of hydrogen-bond acceptors (Lipinski definition) is 7. The van der Waals surface area contributed by atoms with E-state index >= 15 is 0 Å². The van der Waals surface area contributed by atoms with Crippen LogP contribution in [0.4, 0.5) is 4.39 Å². The van der Waals surface area contributed by atoms with Crippen LogP contribution in [0.15, 0.2) is 78.2 Å². The van der Waals surface area contributed by atoms with E-state index in [-0.39, 0.29) is 11.6 Å². The minimum absolute atomic E-state index is 0.261. The van der Waals surface area contributed by atoms with Gasteiger partial charge in [0.2, 0.25) is 0 Å². The highest BCUT2D eigenvalue weighted by atomic mass is 19.1. The number of para-hydroxylation sites is 1. The van der Waals surface area contributed by atoms with Gasteiger partial charge in [0, 0.05) is 23.3 Å². The highest BCUT2D eigenvalue weighted by molar-refractivity contribution is 5.99. The maximum atomic E-state index is 14.6. The summed E-state index contributed by atoms with van der Waals surface area (Å²) in [6.07, 6.45) is 4.61. The van der Waals surface area contributed by atoms with Gasteiger partial charge in [-0.05, 0) is 42.0 Å². The Labute approximate surface area is 180 Å². The summed E-state index contributed by atoms with van der Waals surface area (Å²) in [5.41, 5.74) is 6.71. The van der Waals surface area contributed by atoms with E-state index in [9.17, 15) is 4.39 Å². The van der Waals surface area contributed by atoms with E-state index in [0.29, 0.717) is 11.4 Å². The smallest absolute Gasteiger partial charge is 0.265 e. The van der Waals surface area contributed by atoms with Crippen molar-refractivity contribution in [1.82, 2.24) is 35.7 Å². The first-order valence-electron chi connectivity index (χ1n) is 9.82. The van der Waals surface area contributed by atoms with Crippen LogP contribution in [0, 0.1) is 5.82 Å². The molecule has 0 spiro atoms. The molecule has 0 fully saturated rings. The Morgan fingerprint density at radius 1 is 1.03 bits per heavy atom. The lowest BCUT2D eigenvalue weighted by atomic mass is 10.1. The SMILES string of the molecule is Fc1ccccc1-n1nnc(C2=NC(c3ccc4[nH]ncc4c3)NO2)c1-c1ccncc1. The number of H-pyrrole nitrogens is 1. The van der Waals surface area contributed by atoms with Crippen LogP contribution in [0.2, 0.25) is 0 Å². The molecule has 0 radical (unpaired) electrons. The van der Waals surface area contributed by atoms with Crippen LogP contribution in [0.3, 0.4) is 0 Å². The summed E-state index contributed by atoms with van der Waals surface area (Å²) >= 11 is 0. The summed E-state index contributed by atoms with van der Waals surface area (Å²) in [5.74, 6) is -0.158. The second-order valence-corrected chi connectivity index (χ2v) is 7.16. The normalized spacial score (nSPS) is 15.7. The number of aromatic nitrogens is 6. The van der Waals surface area contributed by atoms with Crippen LogP contribution in [-0.2, 0) is 4.84 Å². The average Bonchev–Trinajstić information content (AvgIpc) is 3.58. The highest BCUT2D eigenvalue weighted by Crippen LogP contribution is 2.30. The third kappa shape index (κ3) is 3.01. The van der Waals surface area contributed by atoms with Crippen LogP contribution < -0.4 is 5.48 Å². The van der Waals surface area contributed by atoms with E-state index in [2.05, 4.69) is 36.0 Å². The van der Waals surface area contributed by atoms with E-state index < -0.39 is 12.0 Å². The highest BCUT2D eigenvalue weighted by Gasteiger charge is 2.29. The molecule has 0 saturated carbocycles. The lowest BCUT2D eigenvalue weighted by Crippen LogP contribution is -2.15. The number of nitrogens with zero attached hydrogens (tertiary/aromatic N) is 6. The second kappa shape index (κ2) is 7.36. The Hall–Kier alpha value is -4.44. The van der Waals surface area contributed by atoms with Gasteiger partial charge >= 0.3 is 0 Å². The zero-order chi connectivity index (χ0) is 21.5. The molecule has 1 aliphatic heterocycles. The number of nitrogens with one attached hydrogen (secondary N) is 2. The van der Waals surface area contributed by atoms with Gasteiger partial charge in [-0.15, -0.1) is 10.6 Å². The topological polar surface area (TPSA) is 106 Å². The molecule has 32 heavy (non-hydrogen) atoms. The molecule has 2 N–H and O–H groups in total. The Balaban J connectivity index is 1.46. The van der Waals surface area contributed by atoms with Crippen molar-refractivity contribution in [2.75, 3.05) is 0 Å². The summed E-state index contributed by atoms with van der Waals surface area (Å²) in [5, 5.41) is 16.4. The molecule has 6 rings (SSSR count). The van der Waals surface area contributed by atoms with Crippen molar-refractivity contribution in [3.63, 3.8) is 0 Å².